The van der Waals surface area contributed by atoms with Crippen molar-refractivity contribution >= 4 is 6.09 Å². The summed E-state index contributed by atoms with van der Waals surface area (Å²) < 4.78 is 18.2. The molecule has 1 aliphatic carbocycles. The lowest BCUT2D eigenvalue weighted by atomic mass is 9.89. The average molecular weight is 535 g/mol. The van der Waals surface area contributed by atoms with Gasteiger partial charge in [-0.2, -0.15) is 0 Å². The van der Waals surface area contributed by atoms with Crippen molar-refractivity contribution in [2.45, 2.75) is 70.3 Å². The molecule has 0 spiro atoms. The minimum atomic E-state index is -0.526. The second-order valence-corrected chi connectivity index (χ2v) is 10.5. The van der Waals surface area contributed by atoms with Gasteiger partial charge in [-0.25, -0.2) is 4.79 Å². The number of carbonyl (C=O) groups excluding carboxylic acids is 1. The first-order valence-electron chi connectivity index (χ1n) is 14.0. The molecule has 0 unspecified atom stereocenters. The Morgan fingerprint density at radius 2 is 1.69 bits per heavy atom. The van der Waals surface area contributed by atoms with Crippen LogP contribution in [-0.2, 0) is 27.4 Å². The highest BCUT2D eigenvalue weighted by Crippen LogP contribution is 2.42. The predicted octanol–water partition coefficient (Wildman–Crippen LogP) is 5.81. The summed E-state index contributed by atoms with van der Waals surface area (Å²) in [6, 6.07) is 16.5. The zero-order valence-corrected chi connectivity index (χ0v) is 23.0. The van der Waals surface area contributed by atoms with E-state index in [0.29, 0.717) is 12.6 Å². The van der Waals surface area contributed by atoms with Gasteiger partial charge in [0.1, 0.15) is 6.61 Å². The third kappa shape index (κ3) is 7.79. The fourth-order valence-electron chi connectivity index (χ4n) is 5.52. The van der Waals surface area contributed by atoms with E-state index in [2.05, 4.69) is 30.3 Å². The number of aliphatic hydroxyl groups excluding tert-OH is 1. The van der Waals surface area contributed by atoms with E-state index in [9.17, 15) is 9.90 Å². The Morgan fingerprint density at radius 3 is 2.33 bits per heavy atom. The monoisotopic (exact) mass is 534 g/mol. The van der Waals surface area contributed by atoms with Gasteiger partial charge in [0.05, 0.1) is 18.8 Å². The van der Waals surface area contributed by atoms with E-state index in [0.717, 1.165) is 35.3 Å². The van der Waals surface area contributed by atoms with E-state index < -0.39 is 12.4 Å². The topological polar surface area (TPSA) is 80.3 Å². The first-order chi connectivity index (χ1) is 19.0. The van der Waals surface area contributed by atoms with E-state index in [1.807, 2.05) is 54.6 Å². The number of hydrogen-bond donors (Lipinski definition) is 2. The summed E-state index contributed by atoms with van der Waals surface area (Å²) in [5, 5.41) is 12.2. The van der Waals surface area contributed by atoms with Crippen LogP contribution in [0, 0.1) is 5.92 Å². The van der Waals surface area contributed by atoms with Crippen molar-refractivity contribution in [3.8, 4) is 0 Å². The van der Waals surface area contributed by atoms with Crippen LogP contribution in [-0.4, -0.2) is 47.9 Å². The number of amides is 1. The highest BCUT2D eigenvalue weighted by atomic mass is 16.7. The number of benzene rings is 2. The van der Waals surface area contributed by atoms with Crippen LogP contribution in [0.5, 0.6) is 0 Å². The minimum absolute atomic E-state index is 0.0147. The zero-order chi connectivity index (χ0) is 27.6. The van der Waals surface area contributed by atoms with Crippen LogP contribution in [0.15, 0.2) is 73.8 Å². The number of ether oxygens (including phenoxy) is 3. The summed E-state index contributed by atoms with van der Waals surface area (Å²) >= 11 is 0. The number of hydrogen-bond acceptors (Lipinski definition) is 6. The number of nitrogens with zero attached hydrogens (tertiary/aromatic N) is 1. The van der Waals surface area contributed by atoms with E-state index in [4.69, 9.17) is 14.2 Å². The van der Waals surface area contributed by atoms with Crippen LogP contribution < -0.4 is 5.32 Å². The molecule has 1 heterocycles. The lowest BCUT2D eigenvalue weighted by Gasteiger charge is -2.43. The quantitative estimate of drug-likeness (QED) is 0.335. The molecular formula is C32H42N2O5. The van der Waals surface area contributed by atoms with Gasteiger partial charge in [0.25, 0.3) is 0 Å². The average Bonchev–Trinajstić information content (AvgIpc) is 3.51. The van der Waals surface area contributed by atoms with Crippen LogP contribution in [0.1, 0.15) is 67.3 Å². The molecular weight excluding hydrogens is 492 g/mol. The molecule has 210 valence electrons. The Labute approximate surface area is 232 Å². The van der Waals surface area contributed by atoms with E-state index >= 15 is 0 Å². The molecule has 2 aromatic rings. The van der Waals surface area contributed by atoms with Gasteiger partial charge in [0.15, 0.2) is 6.29 Å². The first kappa shape index (κ1) is 29.0. The fraction of sp³-hybridized carbons (Fsp3) is 0.469. The maximum atomic E-state index is 11.8. The molecule has 2 N–H and O–H groups in total. The summed E-state index contributed by atoms with van der Waals surface area (Å²) in [4.78, 5) is 14.3. The van der Waals surface area contributed by atoms with Crippen molar-refractivity contribution in [3.63, 3.8) is 0 Å². The normalized spacial score (nSPS) is 23.5. The molecule has 1 amide bonds. The summed E-state index contributed by atoms with van der Waals surface area (Å²) in [5.41, 5.74) is 3.83. The van der Waals surface area contributed by atoms with Crippen molar-refractivity contribution < 1.29 is 24.1 Å². The van der Waals surface area contributed by atoms with Crippen LogP contribution in [0.3, 0.4) is 0 Å². The molecule has 39 heavy (non-hydrogen) atoms. The van der Waals surface area contributed by atoms with Gasteiger partial charge < -0.3 is 24.6 Å². The van der Waals surface area contributed by atoms with Gasteiger partial charge in [-0.05, 0) is 29.5 Å². The van der Waals surface area contributed by atoms with E-state index in [-0.39, 0.29) is 31.3 Å². The highest BCUT2D eigenvalue weighted by Gasteiger charge is 2.40. The Hall–Kier alpha value is -2.97. The minimum Gasteiger partial charge on any atom is -0.445 e. The van der Waals surface area contributed by atoms with Crippen molar-refractivity contribution in [3.05, 3.63) is 96.1 Å². The maximum absolute atomic E-state index is 11.8. The van der Waals surface area contributed by atoms with Gasteiger partial charge in [-0.3, -0.25) is 4.90 Å². The summed E-state index contributed by atoms with van der Waals surface area (Å²) in [5.74, 6) is 0.125. The molecule has 7 heteroatoms. The second-order valence-electron chi connectivity index (χ2n) is 10.5. The van der Waals surface area contributed by atoms with Crippen LogP contribution in [0.2, 0.25) is 0 Å². The number of aliphatic hydroxyl groups is 1. The third-order valence-corrected chi connectivity index (χ3v) is 7.76. The molecule has 2 fully saturated rings. The molecule has 4 atom stereocenters. The molecule has 1 saturated heterocycles. The lowest BCUT2D eigenvalue weighted by Crippen LogP contribution is -2.47. The standard InChI is InChI=1S/C32H42N2O5/c1-4-18-34(28-8-6-7-9-28)21-29-23(3)30(26-14-12-25(22-35)13-15-26)39-31(38-29)27-16-10-24(11-17-27)20-33-32(36)37-19-5-2/h4-5,10-17,23,28-31,35H,1-2,6-9,18-22H2,3H3,(H,33,36)/t23-,29+,30+,31+/m1/s1. The lowest BCUT2D eigenvalue weighted by molar-refractivity contribution is -0.276. The number of alkyl carbamates (subject to hydrolysis) is 1. The van der Waals surface area contributed by atoms with Crippen molar-refractivity contribution in [2.75, 3.05) is 19.7 Å². The van der Waals surface area contributed by atoms with Crippen molar-refractivity contribution in [2.24, 2.45) is 5.92 Å². The number of rotatable bonds is 12. The van der Waals surface area contributed by atoms with Gasteiger partial charge in [0.2, 0.25) is 0 Å². The molecule has 1 aliphatic heterocycles. The summed E-state index contributed by atoms with van der Waals surface area (Å²) in [7, 11) is 0. The predicted molar refractivity (Wildman–Crippen MR) is 152 cm³/mol. The van der Waals surface area contributed by atoms with Gasteiger partial charge in [-0.15, -0.1) is 6.58 Å². The molecule has 4 rings (SSSR count). The van der Waals surface area contributed by atoms with E-state index in [1.54, 1.807) is 0 Å². The third-order valence-electron chi connectivity index (χ3n) is 7.76. The van der Waals surface area contributed by atoms with Crippen LogP contribution in [0.25, 0.3) is 0 Å². The summed E-state index contributed by atoms with van der Waals surface area (Å²) in [6.07, 6.45) is 7.32. The molecule has 0 bridgehead atoms. The Morgan fingerprint density at radius 1 is 1.03 bits per heavy atom. The van der Waals surface area contributed by atoms with Crippen molar-refractivity contribution in [1.29, 1.82) is 0 Å². The molecule has 2 aliphatic rings. The Kier molecular flexibility index (Phi) is 10.7. The molecule has 0 aromatic heterocycles. The van der Waals surface area contributed by atoms with Gasteiger partial charge in [-0.1, -0.05) is 87.0 Å². The van der Waals surface area contributed by atoms with Crippen molar-refractivity contribution in [1.82, 2.24) is 10.2 Å². The SMILES string of the molecule is C=CCOC(=O)NCc1ccc([C@H]2O[C@@H](CN(CC=C)C3CCCC3)[C@@H](C)[C@@H](c3ccc(CO)cc3)O2)cc1. The largest absolute Gasteiger partial charge is 0.445 e. The number of carbonyl (C=O) groups is 1. The number of nitrogens with one attached hydrogen (secondary N) is 1. The Bertz CT molecular complexity index is 1060. The molecule has 1 saturated carbocycles. The smallest absolute Gasteiger partial charge is 0.407 e. The van der Waals surface area contributed by atoms with Crippen LogP contribution in [0.4, 0.5) is 4.79 Å². The molecule has 0 radical (unpaired) electrons. The van der Waals surface area contributed by atoms with Gasteiger partial charge >= 0.3 is 6.09 Å². The van der Waals surface area contributed by atoms with Crippen LogP contribution >= 0.6 is 0 Å². The maximum Gasteiger partial charge on any atom is 0.407 e. The first-order valence-corrected chi connectivity index (χ1v) is 14.0. The molecule has 7 nitrogen and oxygen atoms in total. The van der Waals surface area contributed by atoms with Gasteiger partial charge in [0, 0.05) is 37.2 Å². The zero-order valence-electron chi connectivity index (χ0n) is 23.0. The Balaban J connectivity index is 1.52. The van der Waals surface area contributed by atoms with E-state index in [1.165, 1.54) is 31.8 Å². The summed E-state index contributed by atoms with van der Waals surface area (Å²) in [6.45, 7) is 12.0. The fourth-order valence-corrected chi connectivity index (χ4v) is 5.52. The molecule has 2 aromatic carbocycles. The second kappa shape index (κ2) is 14.4. The highest BCUT2D eigenvalue weighted by molar-refractivity contribution is 5.67.